The minimum Gasteiger partial charge on any atom is -0.508 e. The topological polar surface area (TPSA) is 40.5 Å². The van der Waals surface area contributed by atoms with Gasteiger partial charge in [-0.15, -0.1) is 0 Å². The quantitative estimate of drug-likeness (QED) is 0.556. The lowest BCUT2D eigenvalue weighted by atomic mass is 9.66. The highest BCUT2D eigenvalue weighted by Crippen LogP contribution is 2.51. The van der Waals surface area contributed by atoms with Crippen molar-refractivity contribution >= 4 is 0 Å². The molecular weight excluding hydrogens is 341 g/mol. The Bertz CT molecular complexity index is 596. The van der Waals surface area contributed by atoms with Crippen molar-refractivity contribution in [3.05, 3.63) is 23.3 Å². The molecule has 0 bridgehead atoms. The summed E-state index contributed by atoms with van der Waals surface area (Å²) >= 11 is 0. The van der Waals surface area contributed by atoms with Crippen molar-refractivity contribution in [3.8, 4) is 11.5 Å². The van der Waals surface area contributed by atoms with E-state index in [1.807, 2.05) is 13.8 Å². The summed E-state index contributed by atoms with van der Waals surface area (Å²) in [7, 11) is 0. The normalized spacial score (nSPS) is 24.2. The van der Waals surface area contributed by atoms with Crippen LogP contribution >= 0.6 is 0 Å². The Kier molecular flexibility index (Phi) is 6.86. The van der Waals surface area contributed by atoms with Gasteiger partial charge in [-0.3, -0.25) is 0 Å². The van der Waals surface area contributed by atoms with Gasteiger partial charge >= 0.3 is 6.18 Å². The van der Waals surface area contributed by atoms with Crippen LogP contribution < -0.4 is 0 Å². The maximum atomic E-state index is 13.3. The van der Waals surface area contributed by atoms with E-state index in [4.69, 9.17) is 0 Å². The van der Waals surface area contributed by atoms with Gasteiger partial charge in [0.2, 0.25) is 0 Å². The predicted molar refractivity (Wildman–Crippen MR) is 97.5 cm³/mol. The molecule has 0 aliphatic heterocycles. The monoisotopic (exact) mass is 372 g/mol. The summed E-state index contributed by atoms with van der Waals surface area (Å²) in [4.78, 5) is 0. The maximum Gasteiger partial charge on any atom is 0.391 e. The van der Waals surface area contributed by atoms with Crippen LogP contribution in [0.4, 0.5) is 13.2 Å². The van der Waals surface area contributed by atoms with Gasteiger partial charge in [0.05, 0.1) is 5.92 Å². The first-order valence-corrected chi connectivity index (χ1v) is 9.77. The molecule has 1 fully saturated rings. The van der Waals surface area contributed by atoms with Crippen LogP contribution in [0.2, 0.25) is 0 Å². The minimum atomic E-state index is -4.20. The number of hydrogen-bond acceptors (Lipinski definition) is 2. The molecule has 2 nitrogen and oxygen atoms in total. The van der Waals surface area contributed by atoms with Gasteiger partial charge in [0.1, 0.15) is 11.5 Å². The van der Waals surface area contributed by atoms with Gasteiger partial charge in [-0.1, -0.05) is 39.7 Å². The number of unbranched alkanes of at least 4 members (excludes halogenated alkanes) is 2. The van der Waals surface area contributed by atoms with E-state index in [1.165, 1.54) is 6.07 Å². The fourth-order valence-electron chi connectivity index (χ4n) is 4.39. The lowest BCUT2D eigenvalue weighted by molar-refractivity contribution is -0.186. The molecule has 1 aliphatic carbocycles. The molecule has 5 heteroatoms. The molecule has 0 saturated heterocycles. The Morgan fingerprint density at radius 2 is 1.81 bits per heavy atom. The van der Waals surface area contributed by atoms with E-state index in [-0.39, 0.29) is 42.1 Å². The first-order chi connectivity index (χ1) is 12.2. The SMILES string of the molecule is CCCCCc1c(O)ccc([C@@H]2CC(C(F)(F)F)CC[C@H]2C(C)C)c1O. The summed E-state index contributed by atoms with van der Waals surface area (Å²) in [5, 5.41) is 20.9. The van der Waals surface area contributed by atoms with Crippen LogP contribution in [-0.2, 0) is 6.42 Å². The summed E-state index contributed by atoms with van der Waals surface area (Å²) in [5.74, 6) is -1.27. The van der Waals surface area contributed by atoms with E-state index in [0.717, 1.165) is 19.3 Å². The number of benzene rings is 1. The van der Waals surface area contributed by atoms with Crippen LogP contribution in [0.15, 0.2) is 12.1 Å². The molecule has 1 aromatic rings. The molecule has 0 aromatic heterocycles. The van der Waals surface area contributed by atoms with E-state index in [9.17, 15) is 23.4 Å². The number of halogens is 3. The van der Waals surface area contributed by atoms with Crippen molar-refractivity contribution in [1.82, 2.24) is 0 Å². The van der Waals surface area contributed by atoms with Crippen molar-refractivity contribution in [2.45, 2.75) is 77.8 Å². The molecule has 26 heavy (non-hydrogen) atoms. The number of rotatable bonds is 6. The molecule has 0 amide bonds. The first kappa shape index (κ1) is 20.9. The molecule has 2 N–H and O–H groups in total. The second kappa shape index (κ2) is 8.53. The molecule has 1 aliphatic rings. The molecule has 2 rings (SSSR count). The Morgan fingerprint density at radius 3 is 2.38 bits per heavy atom. The maximum absolute atomic E-state index is 13.3. The van der Waals surface area contributed by atoms with Crippen LogP contribution in [0.1, 0.15) is 76.3 Å². The van der Waals surface area contributed by atoms with Crippen molar-refractivity contribution in [2.24, 2.45) is 17.8 Å². The zero-order valence-corrected chi connectivity index (χ0v) is 15.9. The number of alkyl halides is 3. The third kappa shape index (κ3) is 4.66. The van der Waals surface area contributed by atoms with E-state index < -0.39 is 12.1 Å². The minimum absolute atomic E-state index is 0.000391. The number of phenols is 2. The second-order valence-electron chi connectivity index (χ2n) is 8.02. The van der Waals surface area contributed by atoms with Crippen LogP contribution in [0, 0.1) is 17.8 Å². The molecule has 1 unspecified atom stereocenters. The van der Waals surface area contributed by atoms with Crippen molar-refractivity contribution in [1.29, 1.82) is 0 Å². The molecule has 0 radical (unpaired) electrons. The zero-order chi connectivity index (χ0) is 19.5. The van der Waals surface area contributed by atoms with Gasteiger partial charge < -0.3 is 10.2 Å². The lowest BCUT2D eigenvalue weighted by Crippen LogP contribution is -2.34. The predicted octanol–water partition coefficient (Wildman–Crippen LogP) is 6.55. The Hall–Kier alpha value is -1.39. The lowest BCUT2D eigenvalue weighted by Gasteiger charge is -2.39. The number of phenolic OH excluding ortho intramolecular Hbond substituents is 2. The summed E-state index contributed by atoms with van der Waals surface area (Å²) in [6.45, 7) is 6.14. The highest BCUT2D eigenvalue weighted by molar-refractivity contribution is 5.50. The van der Waals surface area contributed by atoms with Crippen LogP contribution in [0.3, 0.4) is 0 Å². The fraction of sp³-hybridized carbons (Fsp3) is 0.714. The van der Waals surface area contributed by atoms with Crippen LogP contribution in [0.25, 0.3) is 0 Å². The van der Waals surface area contributed by atoms with Crippen molar-refractivity contribution in [2.75, 3.05) is 0 Å². The number of aromatic hydroxyl groups is 2. The van der Waals surface area contributed by atoms with E-state index >= 15 is 0 Å². The highest BCUT2D eigenvalue weighted by Gasteiger charge is 2.46. The molecule has 1 saturated carbocycles. The summed E-state index contributed by atoms with van der Waals surface area (Å²) in [5.41, 5.74) is 1.05. The molecule has 0 spiro atoms. The smallest absolute Gasteiger partial charge is 0.391 e. The molecule has 3 atom stereocenters. The standard InChI is InChI=1S/C21H31F3O2/c1-4-5-6-7-17-19(25)11-10-16(20(17)26)18-12-14(21(22,23)24)8-9-15(18)13(2)3/h10-11,13-15,18,25-26H,4-9,12H2,1-3H3/t14?,15-,18+/m0/s1. The van der Waals surface area contributed by atoms with E-state index in [2.05, 4.69) is 6.92 Å². The molecular formula is C21H31F3O2. The Balaban J connectivity index is 2.36. The summed E-state index contributed by atoms with van der Waals surface area (Å²) in [6, 6.07) is 3.15. The zero-order valence-electron chi connectivity index (χ0n) is 15.9. The van der Waals surface area contributed by atoms with Gasteiger partial charge in [0.15, 0.2) is 0 Å². The molecule has 148 valence electrons. The van der Waals surface area contributed by atoms with E-state index in [0.29, 0.717) is 24.0 Å². The Morgan fingerprint density at radius 1 is 1.12 bits per heavy atom. The van der Waals surface area contributed by atoms with Crippen molar-refractivity contribution in [3.63, 3.8) is 0 Å². The highest BCUT2D eigenvalue weighted by atomic mass is 19.4. The van der Waals surface area contributed by atoms with Gasteiger partial charge in [0.25, 0.3) is 0 Å². The van der Waals surface area contributed by atoms with Gasteiger partial charge in [0, 0.05) is 5.56 Å². The van der Waals surface area contributed by atoms with Crippen LogP contribution in [0.5, 0.6) is 11.5 Å². The average molecular weight is 372 g/mol. The second-order valence-corrected chi connectivity index (χ2v) is 8.02. The molecule has 1 aromatic carbocycles. The summed E-state index contributed by atoms with van der Waals surface area (Å²) in [6.07, 6.45) is -0.131. The first-order valence-electron chi connectivity index (χ1n) is 9.77. The fourth-order valence-corrected chi connectivity index (χ4v) is 4.39. The third-order valence-electron chi connectivity index (χ3n) is 5.94. The van der Waals surface area contributed by atoms with Crippen LogP contribution in [-0.4, -0.2) is 16.4 Å². The summed E-state index contributed by atoms with van der Waals surface area (Å²) < 4.78 is 39.9. The van der Waals surface area contributed by atoms with Gasteiger partial charge in [-0.05, 0) is 61.5 Å². The number of hydrogen-bond donors (Lipinski definition) is 2. The van der Waals surface area contributed by atoms with E-state index in [1.54, 1.807) is 6.07 Å². The molecule has 0 heterocycles. The van der Waals surface area contributed by atoms with Gasteiger partial charge in [-0.25, -0.2) is 0 Å². The van der Waals surface area contributed by atoms with Gasteiger partial charge in [-0.2, -0.15) is 13.2 Å². The largest absolute Gasteiger partial charge is 0.508 e. The third-order valence-corrected chi connectivity index (χ3v) is 5.94. The van der Waals surface area contributed by atoms with Crippen molar-refractivity contribution < 1.29 is 23.4 Å². The Labute approximate surface area is 154 Å². The average Bonchev–Trinajstić information content (AvgIpc) is 2.56.